The smallest absolute Gasteiger partial charge is 0.0923 e. The van der Waals surface area contributed by atoms with Crippen molar-refractivity contribution in [2.24, 2.45) is 5.92 Å². The first-order valence-electron chi connectivity index (χ1n) is 8.10. The number of hydrogen-bond donors (Lipinski definition) is 1. The van der Waals surface area contributed by atoms with Crippen molar-refractivity contribution in [3.63, 3.8) is 0 Å². The predicted octanol–water partition coefficient (Wildman–Crippen LogP) is 4.02. The number of benzene rings is 1. The van der Waals surface area contributed by atoms with E-state index in [1.165, 1.54) is 25.7 Å². The number of aliphatic hydroxyl groups is 1. The zero-order valence-corrected chi connectivity index (χ0v) is 12.5. The van der Waals surface area contributed by atoms with E-state index in [9.17, 15) is 5.11 Å². The average molecular weight is 274 g/mol. The maximum absolute atomic E-state index is 11.3. The Labute approximate surface area is 122 Å². The highest BCUT2D eigenvalue weighted by atomic mass is 16.5. The normalized spacial score (nSPS) is 28.4. The summed E-state index contributed by atoms with van der Waals surface area (Å²) in [5, 5.41) is 11.3. The van der Waals surface area contributed by atoms with E-state index < -0.39 is 5.60 Å². The molecule has 0 amide bonds. The van der Waals surface area contributed by atoms with Gasteiger partial charge in [0.15, 0.2) is 0 Å². The van der Waals surface area contributed by atoms with Gasteiger partial charge in [-0.2, -0.15) is 0 Å². The molecule has 2 unspecified atom stereocenters. The third-order valence-corrected chi connectivity index (χ3v) is 5.50. The van der Waals surface area contributed by atoms with Gasteiger partial charge in [0.25, 0.3) is 0 Å². The van der Waals surface area contributed by atoms with Crippen LogP contribution in [0, 0.1) is 5.92 Å². The lowest BCUT2D eigenvalue weighted by Crippen LogP contribution is -2.45. The Morgan fingerprint density at radius 2 is 1.95 bits per heavy atom. The summed E-state index contributed by atoms with van der Waals surface area (Å²) in [7, 11) is 0. The minimum absolute atomic E-state index is 0.0703. The van der Waals surface area contributed by atoms with Crippen LogP contribution in [0.4, 0.5) is 0 Å². The van der Waals surface area contributed by atoms with Gasteiger partial charge < -0.3 is 9.84 Å². The highest BCUT2D eigenvalue weighted by Crippen LogP contribution is 2.48. The van der Waals surface area contributed by atoms with Gasteiger partial charge in [0, 0.05) is 6.61 Å². The Balaban J connectivity index is 1.85. The molecule has 2 aliphatic rings. The van der Waals surface area contributed by atoms with Crippen LogP contribution >= 0.6 is 0 Å². The Hall–Kier alpha value is -0.860. The van der Waals surface area contributed by atoms with Crippen LogP contribution < -0.4 is 0 Å². The monoisotopic (exact) mass is 274 g/mol. The fourth-order valence-corrected chi connectivity index (χ4v) is 4.26. The minimum Gasteiger partial charge on any atom is -0.385 e. The second-order valence-corrected chi connectivity index (χ2v) is 6.57. The van der Waals surface area contributed by atoms with Crippen molar-refractivity contribution in [3.05, 3.63) is 35.9 Å². The van der Waals surface area contributed by atoms with Gasteiger partial charge in [0.1, 0.15) is 0 Å². The first-order valence-corrected chi connectivity index (χ1v) is 8.10. The van der Waals surface area contributed by atoms with Crippen LogP contribution in [0.25, 0.3) is 0 Å². The second-order valence-electron chi connectivity index (χ2n) is 6.57. The van der Waals surface area contributed by atoms with Gasteiger partial charge in [-0.1, -0.05) is 50.1 Å². The molecule has 1 heterocycles. The van der Waals surface area contributed by atoms with Gasteiger partial charge in [-0.15, -0.1) is 0 Å². The molecule has 1 aromatic carbocycles. The molecule has 3 rings (SSSR count). The molecule has 0 aromatic heterocycles. The zero-order chi connectivity index (χ0) is 14.1. The van der Waals surface area contributed by atoms with Gasteiger partial charge in [0.2, 0.25) is 0 Å². The van der Waals surface area contributed by atoms with Crippen LogP contribution in [0.2, 0.25) is 0 Å². The molecule has 2 fully saturated rings. The van der Waals surface area contributed by atoms with Crippen LogP contribution in [0.3, 0.4) is 0 Å². The molecule has 1 aliphatic heterocycles. The van der Waals surface area contributed by atoms with E-state index in [4.69, 9.17) is 4.74 Å². The van der Waals surface area contributed by atoms with Crippen molar-refractivity contribution in [2.75, 3.05) is 6.61 Å². The van der Waals surface area contributed by atoms with Gasteiger partial charge in [-0.3, -0.25) is 0 Å². The lowest BCUT2D eigenvalue weighted by atomic mass is 9.71. The Morgan fingerprint density at radius 1 is 1.25 bits per heavy atom. The molecule has 2 heteroatoms. The highest BCUT2D eigenvalue weighted by Gasteiger charge is 2.46. The van der Waals surface area contributed by atoms with Crippen molar-refractivity contribution in [2.45, 2.75) is 63.1 Å². The first kappa shape index (κ1) is 14.1. The molecule has 0 radical (unpaired) electrons. The molecule has 1 saturated heterocycles. The SMILES string of the molecule is CCC(O)(c1ccccc1)C1CCOC2(CCCC2)C1. The third kappa shape index (κ3) is 2.40. The van der Waals surface area contributed by atoms with E-state index in [-0.39, 0.29) is 5.60 Å². The van der Waals surface area contributed by atoms with Crippen molar-refractivity contribution in [1.29, 1.82) is 0 Å². The van der Waals surface area contributed by atoms with Gasteiger partial charge >= 0.3 is 0 Å². The molecule has 1 spiro atoms. The number of hydrogen-bond acceptors (Lipinski definition) is 2. The third-order valence-electron chi connectivity index (χ3n) is 5.50. The number of rotatable bonds is 3. The molecule has 1 aliphatic carbocycles. The van der Waals surface area contributed by atoms with E-state index in [0.29, 0.717) is 5.92 Å². The van der Waals surface area contributed by atoms with Crippen LogP contribution in [-0.2, 0) is 10.3 Å². The standard InChI is InChI=1S/C18H26O2/c1-2-18(19,15-8-4-3-5-9-15)16-10-13-20-17(14-16)11-6-7-12-17/h3-5,8-9,16,19H,2,6-7,10-14H2,1H3. The summed E-state index contributed by atoms with van der Waals surface area (Å²) in [6.07, 6.45) is 7.69. The Bertz CT molecular complexity index is 436. The molecule has 2 nitrogen and oxygen atoms in total. The summed E-state index contributed by atoms with van der Waals surface area (Å²) >= 11 is 0. The molecule has 1 N–H and O–H groups in total. The Kier molecular flexibility index (Phi) is 3.87. The van der Waals surface area contributed by atoms with Crippen molar-refractivity contribution in [3.8, 4) is 0 Å². The lowest BCUT2D eigenvalue weighted by molar-refractivity contribution is -0.144. The van der Waals surface area contributed by atoms with Crippen molar-refractivity contribution >= 4 is 0 Å². The van der Waals surface area contributed by atoms with E-state index in [2.05, 4.69) is 19.1 Å². The van der Waals surface area contributed by atoms with Gasteiger partial charge in [0.05, 0.1) is 11.2 Å². The molecule has 110 valence electrons. The van der Waals surface area contributed by atoms with Crippen molar-refractivity contribution < 1.29 is 9.84 Å². The summed E-state index contributed by atoms with van der Waals surface area (Å²) in [5.41, 5.74) is 0.448. The summed E-state index contributed by atoms with van der Waals surface area (Å²) < 4.78 is 6.12. The van der Waals surface area contributed by atoms with Crippen LogP contribution in [-0.4, -0.2) is 17.3 Å². The topological polar surface area (TPSA) is 29.5 Å². The molecule has 1 aromatic rings. The maximum atomic E-state index is 11.3. The fourth-order valence-electron chi connectivity index (χ4n) is 4.26. The summed E-state index contributed by atoms with van der Waals surface area (Å²) in [5.74, 6) is 0.321. The molecule has 2 atom stereocenters. The first-order chi connectivity index (χ1) is 9.69. The number of ether oxygens (including phenoxy) is 1. The maximum Gasteiger partial charge on any atom is 0.0923 e. The Morgan fingerprint density at radius 3 is 2.60 bits per heavy atom. The van der Waals surface area contributed by atoms with E-state index in [1.54, 1.807) is 0 Å². The molecule has 0 bridgehead atoms. The van der Waals surface area contributed by atoms with E-state index in [1.807, 2.05) is 18.2 Å². The summed E-state index contributed by atoms with van der Waals surface area (Å²) in [4.78, 5) is 0. The summed E-state index contributed by atoms with van der Waals surface area (Å²) in [6, 6.07) is 10.2. The highest BCUT2D eigenvalue weighted by molar-refractivity contribution is 5.23. The quantitative estimate of drug-likeness (QED) is 0.902. The largest absolute Gasteiger partial charge is 0.385 e. The van der Waals surface area contributed by atoms with Crippen molar-refractivity contribution in [1.82, 2.24) is 0 Å². The zero-order valence-electron chi connectivity index (χ0n) is 12.5. The molecule has 20 heavy (non-hydrogen) atoms. The average Bonchev–Trinajstić information content (AvgIpc) is 2.95. The van der Waals surface area contributed by atoms with Crippen LogP contribution in [0.5, 0.6) is 0 Å². The molecular formula is C18H26O2. The minimum atomic E-state index is -0.694. The lowest BCUT2D eigenvalue weighted by Gasteiger charge is -2.45. The van der Waals surface area contributed by atoms with Crippen LogP contribution in [0.15, 0.2) is 30.3 Å². The molecule has 1 saturated carbocycles. The second kappa shape index (κ2) is 5.50. The van der Waals surface area contributed by atoms with Crippen LogP contribution in [0.1, 0.15) is 57.4 Å². The van der Waals surface area contributed by atoms with E-state index in [0.717, 1.165) is 31.4 Å². The predicted molar refractivity (Wildman–Crippen MR) is 80.5 cm³/mol. The van der Waals surface area contributed by atoms with E-state index >= 15 is 0 Å². The van der Waals surface area contributed by atoms with Gasteiger partial charge in [-0.05, 0) is 43.6 Å². The molecular weight excluding hydrogens is 248 g/mol. The summed E-state index contributed by atoms with van der Waals surface area (Å²) in [6.45, 7) is 2.91. The fraction of sp³-hybridized carbons (Fsp3) is 0.667. The van der Waals surface area contributed by atoms with Gasteiger partial charge in [-0.25, -0.2) is 0 Å².